The van der Waals surface area contributed by atoms with Crippen molar-refractivity contribution in [3.8, 4) is 11.8 Å². The number of halogens is 1. The van der Waals surface area contributed by atoms with Crippen molar-refractivity contribution >= 4 is 29.1 Å². The second-order valence-corrected chi connectivity index (χ2v) is 5.19. The van der Waals surface area contributed by atoms with Crippen molar-refractivity contribution in [1.82, 2.24) is 0 Å². The average Bonchev–Trinajstić information content (AvgIpc) is 2.62. The minimum atomic E-state index is -0.325. The van der Waals surface area contributed by atoms with Gasteiger partial charge in [-0.05, 0) is 18.2 Å². The Balaban J connectivity index is 2.53. The number of rotatable bonds is 1. The van der Waals surface area contributed by atoms with Gasteiger partial charge in [0.15, 0.2) is 0 Å². The number of benzene rings is 1. The van der Waals surface area contributed by atoms with Gasteiger partial charge in [0.1, 0.15) is 0 Å². The molecule has 0 saturated carbocycles. The Kier molecular flexibility index (Phi) is 4.12. The van der Waals surface area contributed by atoms with Crippen LogP contribution in [0.1, 0.15) is 19.4 Å². The van der Waals surface area contributed by atoms with Crippen LogP contribution in [-0.4, -0.2) is 18.4 Å². The maximum atomic E-state index is 12.2. The summed E-state index contributed by atoms with van der Waals surface area (Å²) in [6.07, 6.45) is 0. The Morgan fingerprint density at radius 2 is 1.85 bits per heavy atom. The first kappa shape index (κ1) is 14.6. The third kappa shape index (κ3) is 2.43. The molecule has 2 N–H and O–H groups in total. The monoisotopic (exact) mass is 290 g/mol. The number of imide groups is 1. The lowest BCUT2D eigenvalue weighted by Gasteiger charge is -2.16. The van der Waals surface area contributed by atoms with Gasteiger partial charge in [-0.15, -0.1) is 0 Å². The molecule has 20 heavy (non-hydrogen) atoms. The molecule has 0 aromatic heterocycles. The molecule has 104 valence electrons. The van der Waals surface area contributed by atoms with Crippen LogP contribution in [0.5, 0.6) is 0 Å². The molecule has 2 unspecified atom stereocenters. The van der Waals surface area contributed by atoms with Gasteiger partial charge in [0, 0.05) is 16.9 Å². The molecular weight excluding hydrogens is 276 g/mol. The van der Waals surface area contributed by atoms with Gasteiger partial charge in [-0.2, -0.15) is 0 Å². The molecule has 1 aromatic rings. The van der Waals surface area contributed by atoms with Gasteiger partial charge in [0.2, 0.25) is 11.8 Å². The summed E-state index contributed by atoms with van der Waals surface area (Å²) >= 11 is 5.95. The van der Waals surface area contributed by atoms with E-state index < -0.39 is 0 Å². The summed E-state index contributed by atoms with van der Waals surface area (Å²) in [6.45, 7) is 3.71. The van der Waals surface area contributed by atoms with Crippen LogP contribution in [0.4, 0.5) is 5.69 Å². The first-order valence-corrected chi connectivity index (χ1v) is 6.71. The van der Waals surface area contributed by atoms with E-state index in [9.17, 15) is 9.59 Å². The molecule has 0 bridgehead atoms. The molecule has 5 heteroatoms. The normalized spacial score (nSPS) is 21.9. The second kappa shape index (κ2) is 5.66. The second-order valence-electron chi connectivity index (χ2n) is 4.76. The number of hydrogen-bond acceptors (Lipinski definition) is 3. The van der Waals surface area contributed by atoms with Crippen LogP contribution < -0.4 is 10.6 Å². The van der Waals surface area contributed by atoms with Crippen molar-refractivity contribution in [2.24, 2.45) is 17.6 Å². The number of amides is 2. The molecule has 1 saturated heterocycles. The lowest BCUT2D eigenvalue weighted by atomic mass is 10.00. The molecule has 1 aromatic carbocycles. The molecule has 0 spiro atoms. The Bertz CT molecular complexity index is 610. The lowest BCUT2D eigenvalue weighted by Crippen LogP contribution is -2.31. The van der Waals surface area contributed by atoms with Gasteiger partial charge in [0.05, 0.1) is 17.8 Å². The van der Waals surface area contributed by atoms with Gasteiger partial charge < -0.3 is 5.73 Å². The van der Waals surface area contributed by atoms with E-state index in [1.165, 1.54) is 4.90 Å². The topological polar surface area (TPSA) is 63.4 Å². The zero-order chi connectivity index (χ0) is 14.9. The number of nitrogens with two attached hydrogens (primary N) is 1. The van der Waals surface area contributed by atoms with E-state index in [1.54, 1.807) is 32.0 Å². The van der Waals surface area contributed by atoms with Gasteiger partial charge in [-0.25, -0.2) is 4.90 Å². The van der Waals surface area contributed by atoms with Crippen LogP contribution in [0.2, 0.25) is 5.02 Å². The summed E-state index contributed by atoms with van der Waals surface area (Å²) in [5, 5.41) is 0.496. The predicted molar refractivity (Wildman–Crippen MR) is 78.2 cm³/mol. The summed E-state index contributed by atoms with van der Waals surface area (Å²) in [5.41, 5.74) is 6.37. The Morgan fingerprint density at radius 3 is 2.40 bits per heavy atom. The quantitative estimate of drug-likeness (QED) is 0.633. The van der Waals surface area contributed by atoms with Gasteiger partial charge in [-0.1, -0.05) is 37.3 Å². The smallest absolute Gasteiger partial charge is 0.237 e. The lowest BCUT2D eigenvalue weighted by molar-refractivity contribution is -0.122. The van der Waals surface area contributed by atoms with Crippen molar-refractivity contribution in [3.05, 3.63) is 28.8 Å². The average molecular weight is 291 g/mol. The zero-order valence-corrected chi connectivity index (χ0v) is 12.1. The van der Waals surface area contributed by atoms with Crippen LogP contribution in [0.3, 0.4) is 0 Å². The van der Waals surface area contributed by atoms with Crippen LogP contribution in [0, 0.1) is 23.7 Å². The first-order valence-electron chi connectivity index (χ1n) is 6.33. The molecule has 2 atom stereocenters. The van der Waals surface area contributed by atoms with E-state index in [0.717, 1.165) is 0 Å². The molecule has 0 aliphatic carbocycles. The highest BCUT2D eigenvalue weighted by Gasteiger charge is 2.43. The molecule has 1 fully saturated rings. The number of anilines is 1. The molecular formula is C15H15ClN2O2. The SMILES string of the molecule is CC1C(=O)N(c2ccc(Cl)cc2C#CCN)C(=O)C1C. The van der Waals surface area contributed by atoms with Crippen LogP contribution in [0.15, 0.2) is 18.2 Å². The van der Waals surface area contributed by atoms with E-state index in [0.29, 0.717) is 16.3 Å². The molecule has 4 nitrogen and oxygen atoms in total. The third-order valence-electron chi connectivity index (χ3n) is 3.49. The molecule has 0 radical (unpaired) electrons. The maximum Gasteiger partial charge on any atom is 0.237 e. The van der Waals surface area contributed by atoms with Crippen molar-refractivity contribution in [3.63, 3.8) is 0 Å². The Hall–Kier alpha value is -1.83. The minimum Gasteiger partial charge on any atom is -0.320 e. The molecule has 2 amide bonds. The van der Waals surface area contributed by atoms with Gasteiger partial charge >= 0.3 is 0 Å². The molecule has 1 aliphatic rings. The van der Waals surface area contributed by atoms with E-state index in [1.807, 2.05) is 0 Å². The van der Waals surface area contributed by atoms with Gasteiger partial charge in [-0.3, -0.25) is 9.59 Å². The largest absolute Gasteiger partial charge is 0.320 e. The van der Waals surface area contributed by atoms with E-state index in [2.05, 4.69) is 11.8 Å². The van der Waals surface area contributed by atoms with Crippen LogP contribution in [-0.2, 0) is 9.59 Å². The standard InChI is InChI=1S/C15H15ClN2O2/c1-9-10(2)15(20)18(14(9)19)13-6-5-12(16)8-11(13)4-3-7-17/h5-6,8-10H,7,17H2,1-2H3. The fourth-order valence-corrected chi connectivity index (χ4v) is 2.30. The number of carbonyl (C=O) groups is 2. The summed E-state index contributed by atoms with van der Waals surface area (Å²) < 4.78 is 0. The number of hydrogen-bond donors (Lipinski definition) is 1. The van der Waals surface area contributed by atoms with Crippen LogP contribution >= 0.6 is 11.6 Å². The van der Waals surface area contributed by atoms with E-state index in [-0.39, 0.29) is 30.2 Å². The highest BCUT2D eigenvalue weighted by molar-refractivity contribution is 6.31. The molecule has 2 rings (SSSR count). The third-order valence-corrected chi connectivity index (χ3v) is 3.73. The summed E-state index contributed by atoms with van der Waals surface area (Å²) in [5.74, 6) is 4.51. The van der Waals surface area contributed by atoms with Crippen molar-refractivity contribution in [2.45, 2.75) is 13.8 Å². The van der Waals surface area contributed by atoms with E-state index in [4.69, 9.17) is 17.3 Å². The molecule has 1 aliphatic heterocycles. The van der Waals surface area contributed by atoms with Crippen molar-refractivity contribution < 1.29 is 9.59 Å². The zero-order valence-electron chi connectivity index (χ0n) is 11.3. The summed E-state index contributed by atoms with van der Waals surface area (Å²) in [7, 11) is 0. The summed E-state index contributed by atoms with van der Waals surface area (Å²) in [6, 6.07) is 4.91. The number of carbonyl (C=O) groups excluding carboxylic acids is 2. The minimum absolute atomic E-state index is 0.195. The highest BCUT2D eigenvalue weighted by atomic mass is 35.5. The van der Waals surface area contributed by atoms with E-state index >= 15 is 0 Å². The fourth-order valence-electron chi connectivity index (χ4n) is 2.13. The summed E-state index contributed by atoms with van der Waals surface area (Å²) in [4.78, 5) is 25.7. The Morgan fingerprint density at radius 1 is 1.25 bits per heavy atom. The highest BCUT2D eigenvalue weighted by Crippen LogP contribution is 2.33. The molecule has 1 heterocycles. The Labute approximate surface area is 122 Å². The predicted octanol–water partition coefficient (Wildman–Crippen LogP) is 1.80. The maximum absolute atomic E-state index is 12.2. The number of nitrogens with zero attached hydrogens (tertiary/aromatic N) is 1. The van der Waals surface area contributed by atoms with Crippen molar-refractivity contribution in [2.75, 3.05) is 11.4 Å². The fraction of sp³-hybridized carbons (Fsp3) is 0.333. The van der Waals surface area contributed by atoms with Crippen LogP contribution in [0.25, 0.3) is 0 Å². The van der Waals surface area contributed by atoms with Crippen molar-refractivity contribution in [1.29, 1.82) is 0 Å². The first-order chi connectivity index (χ1) is 9.47. The van der Waals surface area contributed by atoms with Gasteiger partial charge in [0.25, 0.3) is 0 Å².